The molecule has 151 valence electrons. The summed E-state index contributed by atoms with van der Waals surface area (Å²) in [5.74, 6) is 0.220. The Morgan fingerprint density at radius 2 is 1.36 bits per heavy atom. The Kier molecular flexibility index (Phi) is 30.6. The summed E-state index contributed by atoms with van der Waals surface area (Å²) in [5.41, 5.74) is 10.7. The van der Waals surface area contributed by atoms with Gasteiger partial charge in [-0.15, -0.1) is 5.69 Å². The molecule has 6 heteroatoms. The molecule has 0 saturated carbocycles. The average molecular weight is 439 g/mol. The van der Waals surface area contributed by atoms with Crippen molar-refractivity contribution in [1.82, 2.24) is 0 Å². The summed E-state index contributed by atoms with van der Waals surface area (Å²) in [5, 5.41) is 8.26. The molecule has 1 aromatic rings. The summed E-state index contributed by atoms with van der Waals surface area (Å²) in [6.45, 7) is 9.82. The summed E-state index contributed by atoms with van der Waals surface area (Å²) in [4.78, 5) is 10.0. The van der Waals surface area contributed by atoms with Crippen molar-refractivity contribution in [1.29, 1.82) is 0 Å². The molecule has 0 amide bonds. The van der Waals surface area contributed by atoms with Gasteiger partial charge in [-0.05, 0) is 11.8 Å². The van der Waals surface area contributed by atoms with Crippen LogP contribution in [0.4, 0.5) is 5.69 Å². The smallest absolute Gasteiger partial charge is 0.802 e. The van der Waals surface area contributed by atoms with Crippen LogP contribution in [0.1, 0.15) is 57.6 Å². The number of nitrogens with zero attached hydrogens (tertiary/aromatic N) is 1. The molecule has 0 bridgehead atoms. The van der Waals surface area contributed by atoms with Crippen LogP contribution in [-0.4, -0.2) is 18.8 Å². The summed E-state index contributed by atoms with van der Waals surface area (Å²) in [7, 11) is 1.21. The zero-order valence-corrected chi connectivity index (χ0v) is 18.8. The number of rotatable bonds is 3. The molecule has 0 aliphatic carbocycles. The largest absolute Gasteiger partial charge is 3.00 e. The fraction of sp³-hybridized carbons (Fsp3) is 0.421. The van der Waals surface area contributed by atoms with Gasteiger partial charge in [-0.2, -0.15) is 0 Å². The van der Waals surface area contributed by atoms with Gasteiger partial charge < -0.3 is 38.2 Å². The SMILES string of the molecule is CC(C)c1cccc(C(C)C)c1[NH-].COC(=O)C(C)=[N-].[CH3-].[CH3-].[CH3-].[Ni+2].[Ni+3]. The standard InChI is InChI=1S/C12H18N.C4H6NO2.3CH3.2Ni/c1-8(2)10-6-5-7-11(9(3)4)12(10)13;1-3(5)4(6)7-2;;;;;/h5-9,13H,1-4H3;1-2H3;3*1H3;;/q5*-1;+2;+3. The van der Waals surface area contributed by atoms with Gasteiger partial charge in [0.1, 0.15) is 0 Å². The van der Waals surface area contributed by atoms with Crippen molar-refractivity contribution < 1.29 is 42.5 Å². The fourth-order valence-corrected chi connectivity index (χ4v) is 1.70. The van der Waals surface area contributed by atoms with Gasteiger partial charge in [0, 0.05) is 0 Å². The minimum atomic E-state index is -0.681. The van der Waals surface area contributed by atoms with E-state index in [1.165, 1.54) is 14.0 Å². The summed E-state index contributed by atoms with van der Waals surface area (Å²) >= 11 is 0. The molecule has 0 unspecified atom stereocenters. The third-order valence-corrected chi connectivity index (χ3v) is 2.85. The summed E-state index contributed by atoms with van der Waals surface area (Å²) < 4.78 is 4.09. The van der Waals surface area contributed by atoms with Crippen LogP contribution in [0.2, 0.25) is 0 Å². The van der Waals surface area contributed by atoms with Gasteiger partial charge >= 0.3 is 39.0 Å². The molecule has 1 N–H and O–H groups in total. The van der Waals surface area contributed by atoms with Crippen molar-refractivity contribution in [2.24, 2.45) is 0 Å². The van der Waals surface area contributed by atoms with E-state index in [4.69, 9.17) is 11.1 Å². The van der Waals surface area contributed by atoms with Crippen LogP contribution in [0.3, 0.4) is 0 Å². The van der Waals surface area contributed by atoms with E-state index in [1.807, 2.05) is 0 Å². The molecule has 0 fully saturated rings. The topological polar surface area (TPSA) is 72.4 Å². The maximum absolute atomic E-state index is 10.0. The van der Waals surface area contributed by atoms with Gasteiger partial charge in [0.15, 0.2) is 0 Å². The molecular weight excluding hydrogens is 406 g/mol. The molecule has 0 aliphatic heterocycles. The minimum Gasteiger partial charge on any atom is -0.802 e. The molecule has 0 aliphatic rings. The monoisotopic (exact) mass is 437 g/mol. The second-order valence-corrected chi connectivity index (χ2v) is 5.20. The molecule has 0 atom stereocenters. The summed E-state index contributed by atoms with van der Waals surface area (Å²) in [6.07, 6.45) is 0. The number of carbonyl (C=O) groups excluding carboxylic acids is 1. The van der Waals surface area contributed by atoms with Crippen LogP contribution in [0.5, 0.6) is 0 Å². The van der Waals surface area contributed by atoms with E-state index in [0.29, 0.717) is 11.8 Å². The fourth-order valence-electron chi connectivity index (χ4n) is 1.70. The Morgan fingerprint density at radius 1 is 1.04 bits per heavy atom. The van der Waals surface area contributed by atoms with Crippen LogP contribution >= 0.6 is 0 Å². The maximum atomic E-state index is 10.0. The van der Waals surface area contributed by atoms with Crippen LogP contribution in [0.25, 0.3) is 11.1 Å². The molecule has 0 spiro atoms. The molecule has 0 saturated heterocycles. The van der Waals surface area contributed by atoms with Gasteiger partial charge in [0.2, 0.25) is 0 Å². The first-order valence-corrected chi connectivity index (χ1v) is 6.67. The van der Waals surface area contributed by atoms with Gasteiger partial charge in [-0.3, -0.25) is 0 Å². The Hall–Kier alpha value is -0.853. The molecule has 1 radical (unpaired) electrons. The predicted octanol–water partition coefficient (Wildman–Crippen LogP) is 6.15. The Morgan fingerprint density at radius 3 is 1.52 bits per heavy atom. The second-order valence-electron chi connectivity index (χ2n) is 5.20. The van der Waals surface area contributed by atoms with Gasteiger partial charge in [-0.1, -0.05) is 69.7 Å². The number of hydrogen-bond acceptors (Lipinski definition) is 2. The Labute approximate surface area is 176 Å². The third-order valence-electron chi connectivity index (χ3n) is 2.85. The van der Waals surface area contributed by atoms with E-state index in [0.717, 1.165) is 16.8 Å². The van der Waals surface area contributed by atoms with Gasteiger partial charge in [0.25, 0.3) is 0 Å². The Bertz CT molecular complexity index is 450. The molecule has 4 nitrogen and oxygen atoms in total. The zero-order valence-electron chi connectivity index (χ0n) is 16.8. The zero-order chi connectivity index (χ0) is 15.9. The average Bonchev–Trinajstić information content (AvgIpc) is 2.37. The van der Waals surface area contributed by atoms with E-state index < -0.39 is 5.97 Å². The van der Waals surface area contributed by atoms with E-state index >= 15 is 0 Å². The number of nitrogens with one attached hydrogen (secondary N) is 1. The van der Waals surface area contributed by atoms with Gasteiger partial charge in [-0.25, -0.2) is 4.79 Å². The van der Waals surface area contributed by atoms with E-state index in [-0.39, 0.29) is 61.0 Å². The molecule has 1 aromatic carbocycles. The van der Waals surface area contributed by atoms with Crippen molar-refractivity contribution in [2.75, 3.05) is 7.11 Å². The normalized spacial score (nSPS) is 8.00. The third kappa shape index (κ3) is 14.0. The van der Waals surface area contributed by atoms with Gasteiger partial charge in [0.05, 0.1) is 7.11 Å². The van der Waals surface area contributed by atoms with Crippen molar-refractivity contribution >= 4 is 17.4 Å². The van der Waals surface area contributed by atoms with E-state index in [2.05, 4.69) is 50.6 Å². The van der Waals surface area contributed by atoms with Crippen molar-refractivity contribution in [3.63, 3.8) is 0 Å². The van der Waals surface area contributed by atoms with Crippen LogP contribution in [0.15, 0.2) is 18.2 Å². The van der Waals surface area contributed by atoms with Crippen LogP contribution in [0, 0.1) is 22.3 Å². The van der Waals surface area contributed by atoms with E-state index in [9.17, 15) is 4.79 Å². The predicted molar refractivity (Wildman–Crippen MR) is 104 cm³/mol. The van der Waals surface area contributed by atoms with Crippen molar-refractivity contribution in [3.8, 4) is 0 Å². The van der Waals surface area contributed by atoms with Crippen LogP contribution < -0.4 is 0 Å². The van der Waals surface area contributed by atoms with E-state index in [1.54, 1.807) is 0 Å². The molecule has 0 heterocycles. The number of esters is 1. The molecule has 25 heavy (non-hydrogen) atoms. The minimum absolute atomic E-state index is 0. The number of methoxy groups -OCH3 is 1. The first-order chi connectivity index (χ1) is 9.22. The summed E-state index contributed by atoms with van der Waals surface area (Å²) in [6, 6.07) is 6.17. The molecule has 0 aromatic heterocycles. The Balaban J connectivity index is -0.0000000673. The maximum Gasteiger partial charge on any atom is 3.00 e. The number of carbonyl (C=O) groups is 1. The number of ether oxygens (including phenoxy) is 1. The van der Waals surface area contributed by atoms with Crippen molar-refractivity contribution in [3.05, 3.63) is 62.7 Å². The quantitative estimate of drug-likeness (QED) is 0.245. The second kappa shape index (κ2) is 19.5. The molecule has 1 rings (SSSR count). The first-order valence-electron chi connectivity index (χ1n) is 6.67. The molecular formula is C19H33N2Ni2O2. The van der Waals surface area contributed by atoms with Crippen molar-refractivity contribution in [2.45, 2.75) is 46.5 Å². The number of benzene rings is 1. The first kappa shape index (κ1) is 39.3. The number of hydrogen-bond donors (Lipinski definition) is 0. The van der Waals surface area contributed by atoms with Crippen LogP contribution in [-0.2, 0) is 42.5 Å².